The second-order valence-electron chi connectivity index (χ2n) is 7.09. The molecule has 0 bridgehead atoms. The maximum Gasteiger partial charge on any atom is 0.257 e. The number of hydrogen-bond acceptors (Lipinski definition) is 3. The number of amides is 1. The number of unbranched alkanes of at least 4 members (excludes halogenated alkanes) is 1. The summed E-state index contributed by atoms with van der Waals surface area (Å²) in [6.07, 6.45) is 10.5. The minimum absolute atomic E-state index is 0.123. The van der Waals surface area contributed by atoms with Crippen molar-refractivity contribution in [2.24, 2.45) is 5.92 Å². The molecule has 0 aliphatic carbocycles. The van der Waals surface area contributed by atoms with Crippen LogP contribution in [0.15, 0.2) is 10.5 Å². The van der Waals surface area contributed by atoms with Gasteiger partial charge in [-0.05, 0) is 58.4 Å². The Morgan fingerprint density at radius 3 is 2.74 bits per heavy atom. The largest absolute Gasteiger partial charge is 0.352 e. The molecule has 4 heteroatoms. The first-order chi connectivity index (χ1) is 11.0. The highest BCUT2D eigenvalue weighted by molar-refractivity contribution is 8.03. The molecule has 2 atom stereocenters. The maximum atomic E-state index is 12.5. The van der Waals surface area contributed by atoms with Crippen LogP contribution in [0.25, 0.3) is 0 Å². The monoisotopic (exact) mass is 340 g/mol. The second kappa shape index (κ2) is 11.1. The molecule has 1 heterocycles. The predicted molar refractivity (Wildman–Crippen MR) is 103 cm³/mol. The number of likely N-dealkylation sites (tertiary alicyclic amines) is 1. The van der Waals surface area contributed by atoms with Crippen LogP contribution in [0.3, 0.4) is 0 Å². The van der Waals surface area contributed by atoms with E-state index in [-0.39, 0.29) is 5.91 Å². The van der Waals surface area contributed by atoms with Gasteiger partial charge >= 0.3 is 0 Å². The van der Waals surface area contributed by atoms with E-state index in [1.807, 2.05) is 6.26 Å². The molecule has 1 rings (SSSR count). The van der Waals surface area contributed by atoms with E-state index in [0.717, 1.165) is 24.3 Å². The first-order valence-corrected chi connectivity index (χ1v) is 10.4. The van der Waals surface area contributed by atoms with Gasteiger partial charge in [-0.25, -0.2) is 0 Å². The number of nitrogens with zero attached hydrogens (tertiary/aromatic N) is 1. The van der Waals surface area contributed by atoms with E-state index in [9.17, 15) is 4.79 Å². The minimum Gasteiger partial charge on any atom is -0.352 e. The van der Waals surface area contributed by atoms with Crippen LogP contribution in [-0.4, -0.2) is 43.2 Å². The van der Waals surface area contributed by atoms with Crippen LogP contribution >= 0.6 is 11.8 Å². The van der Waals surface area contributed by atoms with Crippen LogP contribution in [0, 0.1) is 5.92 Å². The van der Waals surface area contributed by atoms with Crippen molar-refractivity contribution in [2.45, 2.75) is 71.8 Å². The number of nitrogens with one attached hydrogen (secondary N) is 1. The molecule has 1 fully saturated rings. The molecule has 1 amide bonds. The zero-order valence-electron chi connectivity index (χ0n) is 15.8. The molecule has 1 N–H and O–H groups in total. The van der Waals surface area contributed by atoms with Crippen LogP contribution < -0.4 is 5.32 Å². The average Bonchev–Trinajstić information content (AvgIpc) is 2.91. The molecule has 0 radical (unpaired) electrons. The lowest BCUT2D eigenvalue weighted by Gasteiger charge is -2.20. The second-order valence-corrected chi connectivity index (χ2v) is 7.90. The highest BCUT2D eigenvalue weighted by atomic mass is 32.2. The molecule has 1 saturated heterocycles. The first-order valence-electron chi connectivity index (χ1n) is 9.21. The van der Waals surface area contributed by atoms with Crippen molar-refractivity contribution >= 4 is 17.7 Å². The molecule has 3 nitrogen and oxygen atoms in total. The number of rotatable bonds is 10. The number of hydrogen-bond donors (Lipinski definition) is 1. The number of carbonyl (C=O) groups excluding carboxylic acids is 1. The van der Waals surface area contributed by atoms with Crippen LogP contribution in [0.1, 0.15) is 65.7 Å². The molecule has 1 aliphatic rings. The van der Waals surface area contributed by atoms with Crippen molar-refractivity contribution in [1.29, 1.82) is 0 Å². The highest BCUT2D eigenvalue weighted by Crippen LogP contribution is 2.25. The van der Waals surface area contributed by atoms with Crippen molar-refractivity contribution in [3.8, 4) is 0 Å². The Bertz CT molecular complexity index is 395. The van der Waals surface area contributed by atoms with Crippen LogP contribution in [-0.2, 0) is 4.79 Å². The summed E-state index contributed by atoms with van der Waals surface area (Å²) < 4.78 is 0. The van der Waals surface area contributed by atoms with E-state index in [4.69, 9.17) is 0 Å². The molecular formula is C19H36N2OS. The van der Waals surface area contributed by atoms with Crippen molar-refractivity contribution in [2.75, 3.05) is 26.4 Å². The Morgan fingerprint density at radius 1 is 1.43 bits per heavy atom. The summed E-state index contributed by atoms with van der Waals surface area (Å²) >= 11 is 1.59. The third-order valence-electron chi connectivity index (χ3n) is 4.94. The summed E-state index contributed by atoms with van der Waals surface area (Å²) in [5.74, 6) is 0.787. The first kappa shape index (κ1) is 20.6. The van der Waals surface area contributed by atoms with E-state index in [0.29, 0.717) is 12.0 Å². The zero-order chi connectivity index (χ0) is 17.2. The molecule has 134 valence electrons. The third-order valence-corrected chi connectivity index (χ3v) is 5.88. The Balaban J connectivity index is 2.44. The normalized spacial score (nSPS) is 21.2. The fraction of sp³-hybridized carbons (Fsp3) is 0.842. The van der Waals surface area contributed by atoms with Gasteiger partial charge in [0.05, 0.1) is 4.91 Å². The van der Waals surface area contributed by atoms with Gasteiger partial charge in [0.2, 0.25) is 0 Å². The fourth-order valence-corrected chi connectivity index (χ4v) is 4.20. The molecule has 2 unspecified atom stereocenters. The smallest absolute Gasteiger partial charge is 0.257 e. The van der Waals surface area contributed by atoms with E-state index in [1.54, 1.807) is 11.8 Å². The van der Waals surface area contributed by atoms with Gasteiger partial charge in [0.1, 0.15) is 0 Å². The van der Waals surface area contributed by atoms with E-state index in [1.165, 1.54) is 44.2 Å². The van der Waals surface area contributed by atoms with Crippen molar-refractivity contribution in [3.05, 3.63) is 10.5 Å². The van der Waals surface area contributed by atoms with Gasteiger partial charge in [-0.3, -0.25) is 4.79 Å². The van der Waals surface area contributed by atoms with Crippen LogP contribution in [0.4, 0.5) is 0 Å². The van der Waals surface area contributed by atoms with Crippen LogP contribution in [0.5, 0.6) is 0 Å². The Kier molecular flexibility index (Phi) is 9.96. The quantitative estimate of drug-likeness (QED) is 0.597. The highest BCUT2D eigenvalue weighted by Gasteiger charge is 2.21. The lowest BCUT2D eigenvalue weighted by Crippen LogP contribution is -2.32. The Morgan fingerprint density at radius 2 is 2.17 bits per heavy atom. The molecule has 23 heavy (non-hydrogen) atoms. The van der Waals surface area contributed by atoms with Gasteiger partial charge in [-0.1, -0.05) is 38.7 Å². The van der Waals surface area contributed by atoms with Gasteiger partial charge in [-0.2, -0.15) is 0 Å². The van der Waals surface area contributed by atoms with Gasteiger partial charge < -0.3 is 10.2 Å². The van der Waals surface area contributed by atoms with Crippen LogP contribution in [0.2, 0.25) is 0 Å². The summed E-state index contributed by atoms with van der Waals surface area (Å²) in [4.78, 5) is 15.8. The molecule has 1 aliphatic heterocycles. The fourth-order valence-electron chi connectivity index (χ4n) is 3.51. The average molecular weight is 341 g/mol. The van der Waals surface area contributed by atoms with E-state index >= 15 is 0 Å². The molecule has 0 saturated carbocycles. The molecule has 0 aromatic carbocycles. The Hall–Kier alpha value is -0.480. The van der Waals surface area contributed by atoms with Gasteiger partial charge in [0.15, 0.2) is 0 Å². The number of thioether (sulfide) groups is 1. The molecule has 0 spiro atoms. The molecule has 0 aromatic rings. The van der Waals surface area contributed by atoms with Gasteiger partial charge in [0.25, 0.3) is 5.91 Å². The molecule has 0 aromatic heterocycles. The summed E-state index contributed by atoms with van der Waals surface area (Å²) in [5.41, 5.74) is 1.25. The number of carbonyl (C=O) groups is 1. The van der Waals surface area contributed by atoms with Gasteiger partial charge in [0, 0.05) is 12.6 Å². The Labute approximate surface area is 147 Å². The number of allylic oxidation sites excluding steroid dienone is 1. The zero-order valence-corrected chi connectivity index (χ0v) is 16.6. The SMILES string of the molecule is CCCCC(C)CC(C)=C(SC)C(=O)NCCC1CCCN1C. The summed E-state index contributed by atoms with van der Waals surface area (Å²) in [6, 6.07) is 0.646. The molecular weight excluding hydrogens is 304 g/mol. The minimum atomic E-state index is 0.123. The third kappa shape index (κ3) is 7.30. The van der Waals surface area contributed by atoms with Crippen molar-refractivity contribution < 1.29 is 4.79 Å². The predicted octanol–water partition coefficient (Wildman–Crippen LogP) is 4.44. The van der Waals surface area contributed by atoms with Crippen molar-refractivity contribution in [1.82, 2.24) is 10.2 Å². The lowest BCUT2D eigenvalue weighted by molar-refractivity contribution is -0.116. The summed E-state index contributed by atoms with van der Waals surface area (Å²) in [5, 5.41) is 3.13. The standard InChI is InChI=1S/C19H36N2OS/c1-6-7-9-15(2)14-16(3)18(23-5)19(22)20-12-11-17-10-8-13-21(17)4/h15,17H,6-14H2,1-5H3,(H,20,22). The topological polar surface area (TPSA) is 32.3 Å². The maximum absolute atomic E-state index is 12.5. The summed E-state index contributed by atoms with van der Waals surface area (Å²) in [6.45, 7) is 8.64. The van der Waals surface area contributed by atoms with E-state index in [2.05, 4.69) is 38.0 Å². The van der Waals surface area contributed by atoms with Gasteiger partial charge in [-0.15, -0.1) is 11.8 Å². The van der Waals surface area contributed by atoms with Crippen molar-refractivity contribution in [3.63, 3.8) is 0 Å². The summed E-state index contributed by atoms with van der Waals surface area (Å²) in [7, 11) is 2.19. The lowest BCUT2D eigenvalue weighted by atomic mass is 9.96. The van der Waals surface area contributed by atoms with E-state index < -0.39 is 0 Å².